The van der Waals surface area contributed by atoms with E-state index >= 15 is 0 Å². The topological polar surface area (TPSA) is 32.3 Å². The van der Waals surface area contributed by atoms with Gasteiger partial charge in [0.1, 0.15) is 0 Å². The molecule has 2 heteroatoms. The van der Waals surface area contributed by atoms with Crippen molar-refractivity contribution in [2.45, 2.75) is 58.0 Å². The van der Waals surface area contributed by atoms with E-state index in [0.717, 1.165) is 31.8 Å². The highest BCUT2D eigenvalue weighted by Crippen LogP contribution is 2.28. The molecule has 0 spiro atoms. The molecular formula is C12H25NO. The van der Waals surface area contributed by atoms with Crippen LogP contribution in [-0.2, 0) is 0 Å². The first-order chi connectivity index (χ1) is 6.70. The van der Waals surface area contributed by atoms with E-state index in [-0.39, 0.29) is 0 Å². The molecule has 0 radical (unpaired) electrons. The first kappa shape index (κ1) is 12.0. The second-order valence-electron chi connectivity index (χ2n) is 4.80. The van der Waals surface area contributed by atoms with Crippen molar-refractivity contribution in [1.82, 2.24) is 5.32 Å². The van der Waals surface area contributed by atoms with Gasteiger partial charge < -0.3 is 10.4 Å². The first-order valence-electron chi connectivity index (χ1n) is 6.13. The number of rotatable bonds is 6. The second kappa shape index (κ2) is 5.72. The summed E-state index contributed by atoms with van der Waals surface area (Å²) in [6.45, 7) is 6.26. The van der Waals surface area contributed by atoms with Crippen LogP contribution in [0.25, 0.3) is 0 Å². The highest BCUT2D eigenvalue weighted by molar-refractivity contribution is 4.89. The van der Waals surface area contributed by atoms with E-state index in [4.69, 9.17) is 0 Å². The number of nitrogens with one attached hydrogen (secondary N) is 1. The molecule has 1 fully saturated rings. The Morgan fingerprint density at radius 2 is 1.93 bits per heavy atom. The van der Waals surface area contributed by atoms with Gasteiger partial charge in [-0.25, -0.2) is 0 Å². The van der Waals surface area contributed by atoms with Gasteiger partial charge in [-0.05, 0) is 25.3 Å². The Kier molecular flexibility index (Phi) is 4.90. The molecule has 0 aliphatic carbocycles. The van der Waals surface area contributed by atoms with Gasteiger partial charge in [-0.2, -0.15) is 0 Å². The Morgan fingerprint density at radius 1 is 1.29 bits per heavy atom. The van der Waals surface area contributed by atoms with E-state index < -0.39 is 5.60 Å². The summed E-state index contributed by atoms with van der Waals surface area (Å²) >= 11 is 0. The van der Waals surface area contributed by atoms with Crippen LogP contribution in [-0.4, -0.2) is 23.8 Å². The maximum absolute atomic E-state index is 10.3. The average Bonchev–Trinajstić information content (AvgIpc) is 2.53. The average molecular weight is 199 g/mol. The third-order valence-electron chi connectivity index (χ3n) is 3.28. The largest absolute Gasteiger partial charge is 0.389 e. The molecule has 2 nitrogen and oxygen atoms in total. The molecule has 1 unspecified atom stereocenters. The maximum atomic E-state index is 10.3. The smallest absolute Gasteiger partial charge is 0.0786 e. The molecule has 1 saturated heterocycles. The third kappa shape index (κ3) is 3.58. The van der Waals surface area contributed by atoms with Crippen molar-refractivity contribution in [1.29, 1.82) is 0 Å². The number of hydrogen-bond donors (Lipinski definition) is 2. The summed E-state index contributed by atoms with van der Waals surface area (Å²) in [4.78, 5) is 0. The monoisotopic (exact) mass is 199 g/mol. The van der Waals surface area contributed by atoms with E-state index in [1.807, 2.05) is 0 Å². The van der Waals surface area contributed by atoms with Crippen LogP contribution in [0.2, 0.25) is 0 Å². The van der Waals surface area contributed by atoms with E-state index in [2.05, 4.69) is 19.2 Å². The summed E-state index contributed by atoms with van der Waals surface area (Å²) in [7, 11) is 0. The van der Waals surface area contributed by atoms with Crippen LogP contribution < -0.4 is 5.32 Å². The molecule has 1 aliphatic rings. The summed E-state index contributed by atoms with van der Waals surface area (Å²) in [6.07, 6.45) is 6.98. The molecule has 2 N–H and O–H groups in total. The Morgan fingerprint density at radius 3 is 2.36 bits per heavy atom. The van der Waals surface area contributed by atoms with Crippen molar-refractivity contribution in [2.75, 3.05) is 13.1 Å². The Labute approximate surface area is 88.1 Å². The lowest BCUT2D eigenvalue weighted by atomic mass is 9.85. The summed E-state index contributed by atoms with van der Waals surface area (Å²) < 4.78 is 0. The fourth-order valence-electron chi connectivity index (χ4n) is 2.61. The Balaban J connectivity index is 2.36. The van der Waals surface area contributed by atoms with Crippen LogP contribution in [0.15, 0.2) is 0 Å². The minimum Gasteiger partial charge on any atom is -0.389 e. The number of β-amino-alcohol motifs (C(OH)–C–C–N with tert-alkyl or cyclic N) is 1. The molecule has 0 aromatic carbocycles. The third-order valence-corrected chi connectivity index (χ3v) is 3.28. The summed E-state index contributed by atoms with van der Waals surface area (Å²) in [5.74, 6) is 0.731. The zero-order valence-corrected chi connectivity index (χ0v) is 9.68. The van der Waals surface area contributed by atoms with Gasteiger partial charge in [0.25, 0.3) is 0 Å². The van der Waals surface area contributed by atoms with Gasteiger partial charge in [-0.1, -0.05) is 39.5 Å². The fourth-order valence-corrected chi connectivity index (χ4v) is 2.61. The van der Waals surface area contributed by atoms with Crippen LogP contribution in [0.4, 0.5) is 0 Å². The van der Waals surface area contributed by atoms with Crippen molar-refractivity contribution in [2.24, 2.45) is 5.92 Å². The van der Waals surface area contributed by atoms with Crippen LogP contribution in [0.5, 0.6) is 0 Å². The quantitative estimate of drug-likeness (QED) is 0.688. The molecule has 0 saturated carbocycles. The maximum Gasteiger partial charge on any atom is 0.0786 e. The molecule has 1 atom stereocenters. The van der Waals surface area contributed by atoms with E-state index in [0.29, 0.717) is 0 Å². The normalized spacial score (nSPS) is 27.4. The Hall–Kier alpha value is -0.0800. The van der Waals surface area contributed by atoms with Crippen molar-refractivity contribution in [3.05, 3.63) is 0 Å². The first-order valence-corrected chi connectivity index (χ1v) is 6.13. The van der Waals surface area contributed by atoms with E-state index in [1.54, 1.807) is 0 Å². The molecule has 0 amide bonds. The molecule has 84 valence electrons. The van der Waals surface area contributed by atoms with Gasteiger partial charge in [0.2, 0.25) is 0 Å². The number of hydrogen-bond acceptors (Lipinski definition) is 2. The Bertz CT molecular complexity index is 146. The lowest BCUT2D eigenvalue weighted by molar-refractivity contribution is 0.0320. The highest BCUT2D eigenvalue weighted by atomic mass is 16.3. The molecule has 1 heterocycles. The van der Waals surface area contributed by atoms with Crippen molar-refractivity contribution >= 4 is 0 Å². The van der Waals surface area contributed by atoms with Crippen LogP contribution in [0, 0.1) is 5.92 Å². The van der Waals surface area contributed by atoms with Crippen molar-refractivity contribution in [3.8, 4) is 0 Å². The summed E-state index contributed by atoms with van der Waals surface area (Å²) in [5.41, 5.74) is -0.394. The molecule has 0 aromatic rings. The van der Waals surface area contributed by atoms with Crippen molar-refractivity contribution < 1.29 is 5.11 Å². The number of aliphatic hydroxyl groups is 1. The summed E-state index contributed by atoms with van der Waals surface area (Å²) in [5, 5.41) is 13.5. The van der Waals surface area contributed by atoms with Crippen LogP contribution in [0.1, 0.15) is 52.4 Å². The molecule has 1 rings (SSSR count). The minimum absolute atomic E-state index is 0.394. The highest BCUT2D eigenvalue weighted by Gasteiger charge is 2.32. The van der Waals surface area contributed by atoms with Gasteiger partial charge in [0.15, 0.2) is 0 Å². The predicted molar refractivity (Wildman–Crippen MR) is 60.4 cm³/mol. The van der Waals surface area contributed by atoms with E-state index in [9.17, 15) is 5.11 Å². The van der Waals surface area contributed by atoms with Gasteiger partial charge in [0, 0.05) is 6.54 Å². The van der Waals surface area contributed by atoms with Crippen LogP contribution >= 0.6 is 0 Å². The standard InChI is InChI=1S/C12H25NO/c1-3-5-11(6-4-2)9-12(14)7-8-13-10-12/h11,13-14H,3-10H2,1-2H3. The molecule has 14 heavy (non-hydrogen) atoms. The summed E-state index contributed by atoms with van der Waals surface area (Å²) in [6, 6.07) is 0. The fraction of sp³-hybridized carbons (Fsp3) is 1.00. The minimum atomic E-state index is -0.394. The van der Waals surface area contributed by atoms with Gasteiger partial charge in [0.05, 0.1) is 5.60 Å². The van der Waals surface area contributed by atoms with Gasteiger partial charge >= 0.3 is 0 Å². The SMILES string of the molecule is CCCC(CCC)CC1(O)CCNC1. The lowest BCUT2D eigenvalue weighted by Gasteiger charge is -2.27. The predicted octanol–water partition coefficient (Wildman–Crippen LogP) is 2.32. The second-order valence-corrected chi connectivity index (χ2v) is 4.80. The zero-order valence-electron chi connectivity index (χ0n) is 9.68. The van der Waals surface area contributed by atoms with Crippen LogP contribution in [0.3, 0.4) is 0 Å². The van der Waals surface area contributed by atoms with Crippen molar-refractivity contribution in [3.63, 3.8) is 0 Å². The lowest BCUT2D eigenvalue weighted by Crippen LogP contribution is -2.33. The van der Waals surface area contributed by atoms with Gasteiger partial charge in [-0.15, -0.1) is 0 Å². The molecule has 1 aliphatic heterocycles. The van der Waals surface area contributed by atoms with E-state index in [1.165, 1.54) is 25.7 Å². The zero-order chi connectivity index (χ0) is 10.4. The van der Waals surface area contributed by atoms with Gasteiger partial charge in [-0.3, -0.25) is 0 Å². The molecule has 0 aromatic heterocycles. The molecule has 0 bridgehead atoms. The molecular weight excluding hydrogens is 174 g/mol.